The molecule has 1 fully saturated rings. The zero-order valence-electron chi connectivity index (χ0n) is 12.5. The summed E-state index contributed by atoms with van der Waals surface area (Å²) >= 11 is 7.26. The van der Waals surface area contributed by atoms with Gasteiger partial charge in [-0.15, -0.1) is 0 Å². The van der Waals surface area contributed by atoms with E-state index in [9.17, 15) is 8.42 Å². The van der Waals surface area contributed by atoms with Crippen LogP contribution in [0.5, 0.6) is 0 Å². The molecule has 0 amide bonds. The van der Waals surface area contributed by atoms with Crippen molar-refractivity contribution in [2.75, 3.05) is 22.2 Å². The summed E-state index contributed by atoms with van der Waals surface area (Å²) in [4.78, 5) is 0. The minimum atomic E-state index is -2.86. The number of hydrogen-bond donors (Lipinski definition) is 0. The second kappa shape index (κ2) is 6.71. The Balaban J connectivity index is 2.27. The fraction of sp³-hybridized carbons (Fsp3) is 0.786. The number of halogens is 2. The molecule has 2 rings (SSSR count). The summed E-state index contributed by atoms with van der Waals surface area (Å²) in [6.45, 7) is 2.10. The van der Waals surface area contributed by atoms with Gasteiger partial charge in [0.2, 0.25) is 0 Å². The van der Waals surface area contributed by atoms with E-state index < -0.39 is 9.84 Å². The lowest BCUT2D eigenvalue weighted by Gasteiger charge is -2.35. The number of rotatable bonds is 6. The van der Waals surface area contributed by atoms with E-state index in [0.29, 0.717) is 11.5 Å². The first kappa shape index (κ1) is 17.5. The van der Waals surface area contributed by atoms with Crippen LogP contribution in [0.4, 0.5) is 0 Å². The Labute approximate surface area is 143 Å². The number of sulfone groups is 1. The van der Waals surface area contributed by atoms with Crippen LogP contribution >= 0.6 is 31.9 Å². The van der Waals surface area contributed by atoms with E-state index in [1.807, 2.05) is 11.7 Å². The molecule has 1 aliphatic heterocycles. The maximum atomic E-state index is 11.8. The molecule has 0 aromatic carbocycles. The van der Waals surface area contributed by atoms with E-state index >= 15 is 0 Å². The first-order chi connectivity index (χ1) is 9.85. The van der Waals surface area contributed by atoms with Gasteiger partial charge in [0.05, 0.1) is 17.2 Å². The Morgan fingerprint density at radius 2 is 2.10 bits per heavy atom. The predicted octanol–water partition coefficient (Wildman–Crippen LogP) is 2.74. The summed E-state index contributed by atoms with van der Waals surface area (Å²) in [5.41, 5.74) is 2.18. The average Bonchev–Trinajstić information content (AvgIpc) is 2.99. The van der Waals surface area contributed by atoms with Crippen LogP contribution in [0.15, 0.2) is 6.07 Å². The van der Waals surface area contributed by atoms with Gasteiger partial charge in [-0.05, 0) is 36.7 Å². The fourth-order valence-electron chi connectivity index (χ4n) is 3.04. The number of nitrogens with zero attached hydrogens (tertiary/aromatic N) is 2. The van der Waals surface area contributed by atoms with Crippen molar-refractivity contribution >= 4 is 41.7 Å². The zero-order chi connectivity index (χ0) is 15.7. The third-order valence-electron chi connectivity index (χ3n) is 4.55. The van der Waals surface area contributed by atoms with Gasteiger partial charge in [-0.3, -0.25) is 4.68 Å². The van der Waals surface area contributed by atoms with E-state index in [2.05, 4.69) is 49.9 Å². The average molecular weight is 442 g/mol. The maximum Gasteiger partial charge on any atom is 0.150 e. The molecular formula is C14H22Br2N2O2S. The first-order valence-corrected chi connectivity index (χ1v) is 11.3. The van der Waals surface area contributed by atoms with Crippen LogP contribution in [-0.4, -0.2) is 40.4 Å². The Hall–Kier alpha value is 0.120. The molecule has 0 radical (unpaired) electrons. The number of alkyl halides is 2. The highest BCUT2D eigenvalue weighted by Crippen LogP contribution is 2.41. The van der Waals surface area contributed by atoms with Gasteiger partial charge in [0.25, 0.3) is 0 Å². The van der Waals surface area contributed by atoms with Crippen LogP contribution in [0.3, 0.4) is 0 Å². The van der Waals surface area contributed by atoms with E-state index in [1.165, 1.54) is 5.69 Å². The van der Waals surface area contributed by atoms with Crippen molar-refractivity contribution in [3.63, 3.8) is 0 Å². The van der Waals surface area contributed by atoms with Gasteiger partial charge in [0, 0.05) is 23.4 Å². The SMILES string of the molecule is CCc1cc(CC(CBr)(CBr)C2CCS(=O)(=O)C2)n(C)n1. The Morgan fingerprint density at radius 1 is 1.43 bits per heavy atom. The van der Waals surface area contributed by atoms with Crippen LogP contribution in [0.25, 0.3) is 0 Å². The summed E-state index contributed by atoms with van der Waals surface area (Å²) in [6, 6.07) is 2.14. The summed E-state index contributed by atoms with van der Waals surface area (Å²) in [7, 11) is -0.899. The van der Waals surface area contributed by atoms with Gasteiger partial charge in [-0.2, -0.15) is 5.10 Å². The molecule has 0 bridgehead atoms. The molecule has 1 atom stereocenters. The third-order valence-corrected chi connectivity index (χ3v) is 8.55. The largest absolute Gasteiger partial charge is 0.272 e. The highest BCUT2D eigenvalue weighted by Gasteiger charge is 2.43. The molecule has 7 heteroatoms. The van der Waals surface area contributed by atoms with E-state index in [4.69, 9.17) is 0 Å². The lowest BCUT2D eigenvalue weighted by molar-refractivity contribution is 0.248. The summed E-state index contributed by atoms with van der Waals surface area (Å²) in [6.07, 6.45) is 2.52. The number of hydrogen-bond acceptors (Lipinski definition) is 3. The van der Waals surface area contributed by atoms with Gasteiger partial charge >= 0.3 is 0 Å². The lowest BCUT2D eigenvalue weighted by Crippen LogP contribution is -2.38. The van der Waals surface area contributed by atoms with Crippen molar-refractivity contribution < 1.29 is 8.42 Å². The fourth-order valence-corrected chi connectivity index (χ4v) is 7.23. The normalized spacial score (nSPS) is 21.8. The quantitative estimate of drug-likeness (QED) is 0.637. The summed E-state index contributed by atoms with van der Waals surface area (Å²) in [5, 5.41) is 6.08. The van der Waals surface area contributed by atoms with Crippen LogP contribution in [-0.2, 0) is 29.7 Å². The minimum absolute atomic E-state index is 0.0810. The Bertz CT molecular complexity index is 594. The minimum Gasteiger partial charge on any atom is -0.272 e. The van der Waals surface area contributed by atoms with Gasteiger partial charge in [-0.25, -0.2) is 8.42 Å². The maximum absolute atomic E-state index is 11.8. The van der Waals surface area contributed by atoms with Crippen molar-refractivity contribution in [3.05, 3.63) is 17.5 Å². The standard InChI is InChI=1S/C14H22Br2N2O2S/c1-3-12-6-13(18(2)17-12)7-14(9-15,10-16)11-4-5-21(19,20)8-11/h6,11H,3-5,7-10H2,1-2H3. The molecule has 120 valence electrons. The Kier molecular flexibility index (Phi) is 5.58. The van der Waals surface area contributed by atoms with E-state index in [-0.39, 0.29) is 11.3 Å². The smallest absolute Gasteiger partial charge is 0.150 e. The van der Waals surface area contributed by atoms with Crippen LogP contribution in [0.1, 0.15) is 24.7 Å². The monoisotopic (exact) mass is 440 g/mol. The van der Waals surface area contributed by atoms with Crippen LogP contribution in [0, 0.1) is 11.3 Å². The van der Waals surface area contributed by atoms with Crippen LogP contribution in [0.2, 0.25) is 0 Å². The number of aryl methyl sites for hydroxylation is 2. The molecular weight excluding hydrogens is 420 g/mol. The molecule has 1 aliphatic rings. The van der Waals surface area contributed by atoms with Crippen molar-refractivity contribution in [1.82, 2.24) is 9.78 Å². The Morgan fingerprint density at radius 3 is 2.52 bits per heavy atom. The summed E-state index contributed by atoms with van der Waals surface area (Å²) in [5.74, 6) is 0.828. The third kappa shape index (κ3) is 3.72. The summed E-state index contributed by atoms with van der Waals surface area (Å²) < 4.78 is 25.6. The van der Waals surface area contributed by atoms with Crippen LogP contribution < -0.4 is 0 Å². The van der Waals surface area contributed by atoms with E-state index in [1.54, 1.807) is 0 Å². The van der Waals surface area contributed by atoms with Gasteiger partial charge in [-0.1, -0.05) is 38.8 Å². The highest BCUT2D eigenvalue weighted by atomic mass is 79.9. The second-order valence-electron chi connectivity index (χ2n) is 6.01. The predicted molar refractivity (Wildman–Crippen MR) is 93.1 cm³/mol. The number of aromatic nitrogens is 2. The van der Waals surface area contributed by atoms with Crippen molar-refractivity contribution in [1.29, 1.82) is 0 Å². The van der Waals surface area contributed by atoms with Crippen molar-refractivity contribution in [3.8, 4) is 0 Å². The topological polar surface area (TPSA) is 52.0 Å². The molecule has 1 aromatic heterocycles. The molecule has 0 aliphatic carbocycles. The lowest BCUT2D eigenvalue weighted by atomic mass is 9.75. The van der Waals surface area contributed by atoms with Crippen molar-refractivity contribution in [2.24, 2.45) is 18.4 Å². The van der Waals surface area contributed by atoms with Gasteiger partial charge < -0.3 is 0 Å². The highest BCUT2D eigenvalue weighted by molar-refractivity contribution is 9.09. The molecule has 0 saturated carbocycles. The molecule has 1 saturated heterocycles. The molecule has 0 N–H and O–H groups in total. The molecule has 1 aromatic rings. The second-order valence-corrected chi connectivity index (χ2v) is 9.36. The zero-order valence-corrected chi connectivity index (χ0v) is 16.5. The molecule has 1 unspecified atom stereocenters. The molecule has 0 spiro atoms. The molecule has 4 nitrogen and oxygen atoms in total. The first-order valence-electron chi connectivity index (χ1n) is 7.20. The molecule has 21 heavy (non-hydrogen) atoms. The molecule has 2 heterocycles. The van der Waals surface area contributed by atoms with Gasteiger partial charge in [0.1, 0.15) is 0 Å². The van der Waals surface area contributed by atoms with Gasteiger partial charge in [0.15, 0.2) is 9.84 Å². The van der Waals surface area contributed by atoms with E-state index in [0.717, 1.165) is 35.6 Å². The van der Waals surface area contributed by atoms with Crippen molar-refractivity contribution in [2.45, 2.75) is 26.2 Å².